The average Bonchev–Trinajstić information content (AvgIpc) is 2.41. The van der Waals surface area contributed by atoms with Gasteiger partial charge >= 0.3 is 7.12 Å². The zero-order chi connectivity index (χ0) is 13.7. The van der Waals surface area contributed by atoms with Crippen molar-refractivity contribution in [3.05, 3.63) is 52.9 Å². The second-order valence-corrected chi connectivity index (χ2v) is 3.88. The van der Waals surface area contributed by atoms with Crippen LogP contribution in [0.4, 0.5) is 0 Å². The van der Waals surface area contributed by atoms with Crippen molar-refractivity contribution < 1.29 is 14.8 Å². The first-order chi connectivity index (χ1) is 9.16. The molecular weight excluding hydrogens is 247 g/mol. The Hall–Kier alpha value is -2.12. The second kappa shape index (κ2) is 6.17. The Labute approximate surface area is 110 Å². The lowest BCUT2D eigenvalue weighted by Gasteiger charge is -2.07. The van der Waals surface area contributed by atoms with E-state index in [1.807, 2.05) is 0 Å². The molecule has 98 valence electrons. The van der Waals surface area contributed by atoms with Gasteiger partial charge in [-0.15, -0.1) is 0 Å². The standard InChI is InChI=1S/C12H13BN2O4/c16-12-2-1-7-14-15(12)8-9-19-11-5-3-10(4-6-11)13(17)18/h1-7,17-18H,8-9H2. The monoisotopic (exact) mass is 260 g/mol. The molecule has 0 spiro atoms. The van der Waals surface area contributed by atoms with Gasteiger partial charge in [-0.3, -0.25) is 4.79 Å². The Morgan fingerprint density at radius 2 is 1.95 bits per heavy atom. The van der Waals surface area contributed by atoms with E-state index in [0.717, 1.165) is 0 Å². The highest BCUT2D eigenvalue weighted by atomic mass is 16.5. The summed E-state index contributed by atoms with van der Waals surface area (Å²) in [5.41, 5.74) is 0.221. The molecular formula is C12H13BN2O4. The third-order valence-corrected chi connectivity index (χ3v) is 2.54. The van der Waals surface area contributed by atoms with Crippen LogP contribution in [-0.4, -0.2) is 33.6 Å². The zero-order valence-electron chi connectivity index (χ0n) is 10.1. The summed E-state index contributed by atoms with van der Waals surface area (Å²) in [5, 5.41) is 21.8. The van der Waals surface area contributed by atoms with Crippen LogP contribution in [0.15, 0.2) is 47.4 Å². The molecule has 0 fully saturated rings. The van der Waals surface area contributed by atoms with Crippen molar-refractivity contribution in [3.63, 3.8) is 0 Å². The van der Waals surface area contributed by atoms with Crippen LogP contribution in [0.25, 0.3) is 0 Å². The zero-order valence-corrected chi connectivity index (χ0v) is 10.1. The Morgan fingerprint density at radius 3 is 2.58 bits per heavy atom. The molecule has 0 aliphatic heterocycles. The maximum Gasteiger partial charge on any atom is 0.488 e. The quantitative estimate of drug-likeness (QED) is 0.674. The van der Waals surface area contributed by atoms with Crippen LogP contribution in [0.2, 0.25) is 0 Å². The summed E-state index contributed by atoms with van der Waals surface area (Å²) in [6, 6.07) is 9.41. The molecule has 0 atom stereocenters. The van der Waals surface area contributed by atoms with E-state index in [0.29, 0.717) is 24.4 Å². The predicted molar refractivity (Wildman–Crippen MR) is 70.3 cm³/mol. The Morgan fingerprint density at radius 1 is 1.21 bits per heavy atom. The van der Waals surface area contributed by atoms with E-state index in [1.165, 1.54) is 10.7 Å². The summed E-state index contributed by atoms with van der Waals surface area (Å²) in [4.78, 5) is 11.4. The highest BCUT2D eigenvalue weighted by Crippen LogP contribution is 2.07. The van der Waals surface area contributed by atoms with Gasteiger partial charge in [-0.25, -0.2) is 4.68 Å². The van der Waals surface area contributed by atoms with E-state index < -0.39 is 7.12 Å². The number of ether oxygens (including phenoxy) is 1. The van der Waals surface area contributed by atoms with Crippen LogP contribution in [0.3, 0.4) is 0 Å². The van der Waals surface area contributed by atoms with Crippen LogP contribution in [0, 0.1) is 0 Å². The van der Waals surface area contributed by atoms with E-state index in [-0.39, 0.29) is 5.56 Å². The number of hydrogen-bond donors (Lipinski definition) is 2. The van der Waals surface area contributed by atoms with Crippen LogP contribution < -0.4 is 15.8 Å². The van der Waals surface area contributed by atoms with E-state index in [2.05, 4.69) is 5.10 Å². The van der Waals surface area contributed by atoms with E-state index in [4.69, 9.17) is 14.8 Å². The molecule has 0 aliphatic rings. The van der Waals surface area contributed by atoms with Gasteiger partial charge in [-0.1, -0.05) is 12.1 Å². The molecule has 0 radical (unpaired) electrons. The second-order valence-electron chi connectivity index (χ2n) is 3.88. The average molecular weight is 260 g/mol. The molecule has 0 aliphatic carbocycles. The maximum atomic E-state index is 11.4. The maximum absolute atomic E-state index is 11.4. The molecule has 0 unspecified atom stereocenters. The lowest BCUT2D eigenvalue weighted by atomic mass is 9.80. The molecule has 19 heavy (non-hydrogen) atoms. The number of aromatic nitrogens is 2. The molecule has 2 N–H and O–H groups in total. The molecule has 6 nitrogen and oxygen atoms in total. The Balaban J connectivity index is 1.89. The molecule has 2 aromatic rings. The van der Waals surface area contributed by atoms with Gasteiger partial charge < -0.3 is 14.8 Å². The molecule has 7 heteroatoms. The summed E-state index contributed by atoms with van der Waals surface area (Å²) in [6.07, 6.45) is 1.54. The summed E-state index contributed by atoms with van der Waals surface area (Å²) >= 11 is 0. The molecule has 1 heterocycles. The molecule has 0 amide bonds. The van der Waals surface area contributed by atoms with E-state index in [9.17, 15) is 4.79 Å². The minimum Gasteiger partial charge on any atom is -0.492 e. The van der Waals surface area contributed by atoms with Crippen LogP contribution >= 0.6 is 0 Å². The Kier molecular flexibility index (Phi) is 4.32. The fraction of sp³-hybridized carbons (Fsp3) is 0.167. The topological polar surface area (TPSA) is 84.6 Å². The Bertz CT molecular complexity index is 583. The molecule has 2 rings (SSSR count). The van der Waals surface area contributed by atoms with Gasteiger partial charge in [-0.05, 0) is 23.7 Å². The number of rotatable bonds is 5. The van der Waals surface area contributed by atoms with Crippen molar-refractivity contribution in [2.24, 2.45) is 0 Å². The van der Waals surface area contributed by atoms with Crippen molar-refractivity contribution in [1.82, 2.24) is 9.78 Å². The van der Waals surface area contributed by atoms with Crippen molar-refractivity contribution in [1.29, 1.82) is 0 Å². The molecule has 0 saturated heterocycles. The van der Waals surface area contributed by atoms with E-state index in [1.54, 1.807) is 36.5 Å². The molecule has 1 aromatic carbocycles. The minimum atomic E-state index is -1.49. The van der Waals surface area contributed by atoms with E-state index >= 15 is 0 Å². The molecule has 0 bridgehead atoms. The fourth-order valence-electron chi connectivity index (χ4n) is 1.54. The third kappa shape index (κ3) is 3.67. The van der Waals surface area contributed by atoms with Gasteiger partial charge in [0.2, 0.25) is 0 Å². The van der Waals surface area contributed by atoms with Gasteiger partial charge in [0.1, 0.15) is 12.4 Å². The lowest BCUT2D eigenvalue weighted by Crippen LogP contribution is -2.29. The smallest absolute Gasteiger partial charge is 0.488 e. The number of benzene rings is 1. The fourth-order valence-corrected chi connectivity index (χ4v) is 1.54. The summed E-state index contributed by atoms with van der Waals surface area (Å²) in [6.45, 7) is 0.655. The highest BCUT2D eigenvalue weighted by Gasteiger charge is 2.09. The summed E-state index contributed by atoms with van der Waals surface area (Å²) < 4.78 is 6.75. The van der Waals surface area contributed by atoms with Gasteiger partial charge in [-0.2, -0.15) is 5.10 Å². The van der Waals surface area contributed by atoms with Crippen molar-refractivity contribution >= 4 is 12.6 Å². The summed E-state index contributed by atoms with van der Waals surface area (Å²) in [5.74, 6) is 0.591. The van der Waals surface area contributed by atoms with Gasteiger partial charge in [0, 0.05) is 12.3 Å². The molecule has 0 saturated carbocycles. The molecule has 1 aromatic heterocycles. The van der Waals surface area contributed by atoms with Gasteiger partial charge in [0.25, 0.3) is 5.56 Å². The first-order valence-corrected chi connectivity index (χ1v) is 5.78. The number of hydrogen-bond acceptors (Lipinski definition) is 5. The summed E-state index contributed by atoms with van der Waals surface area (Å²) in [7, 11) is -1.49. The SMILES string of the molecule is O=c1cccnn1CCOc1ccc(B(O)O)cc1. The third-order valence-electron chi connectivity index (χ3n) is 2.54. The predicted octanol–water partition coefficient (Wildman–Crippen LogP) is -0.998. The largest absolute Gasteiger partial charge is 0.492 e. The van der Waals surface area contributed by atoms with Crippen LogP contribution in [0.5, 0.6) is 5.75 Å². The van der Waals surface area contributed by atoms with Crippen LogP contribution in [0.1, 0.15) is 0 Å². The number of nitrogens with zero attached hydrogens (tertiary/aromatic N) is 2. The lowest BCUT2D eigenvalue weighted by molar-refractivity contribution is 0.288. The van der Waals surface area contributed by atoms with Crippen LogP contribution in [-0.2, 0) is 6.54 Å². The van der Waals surface area contributed by atoms with Gasteiger partial charge in [0.05, 0.1) is 6.54 Å². The first kappa shape index (κ1) is 13.3. The minimum absolute atomic E-state index is 0.176. The normalized spacial score (nSPS) is 10.2. The van der Waals surface area contributed by atoms with Crippen molar-refractivity contribution in [3.8, 4) is 5.75 Å². The highest BCUT2D eigenvalue weighted by molar-refractivity contribution is 6.58. The van der Waals surface area contributed by atoms with Crippen molar-refractivity contribution in [2.45, 2.75) is 6.54 Å². The van der Waals surface area contributed by atoms with Crippen molar-refractivity contribution in [2.75, 3.05) is 6.61 Å². The first-order valence-electron chi connectivity index (χ1n) is 5.78. The van der Waals surface area contributed by atoms with Gasteiger partial charge in [0.15, 0.2) is 0 Å².